The Morgan fingerprint density at radius 1 is 0.320 bits per heavy atom. The van der Waals surface area contributed by atoms with Gasteiger partial charge in [-0.3, -0.25) is 0 Å². The Labute approximate surface area is 301 Å². The molecule has 6 aromatic carbocycles. The zero-order chi connectivity index (χ0) is 35.0. The molecule has 0 aliphatic carbocycles. The molecule has 0 saturated heterocycles. The van der Waals surface area contributed by atoms with Crippen molar-refractivity contribution in [2.75, 3.05) is 0 Å². The summed E-state index contributed by atoms with van der Waals surface area (Å²) in [7, 11) is 58.4. The molecule has 8 rings (SSSR count). The van der Waals surface area contributed by atoms with Crippen molar-refractivity contribution < 1.29 is 4.42 Å². The Morgan fingerprint density at radius 3 is 1.22 bits per heavy atom. The van der Waals surface area contributed by atoms with E-state index >= 15 is 0 Å². The zero-order valence-corrected chi connectivity index (χ0v) is 26.5. The molecule has 0 N–H and O–H groups in total. The van der Waals surface area contributed by atoms with Crippen LogP contribution in [0.1, 0.15) is 0 Å². The van der Waals surface area contributed by atoms with Gasteiger partial charge in [0.1, 0.15) is 81.8 Å². The van der Waals surface area contributed by atoms with Gasteiger partial charge < -0.3 is 4.42 Å². The van der Waals surface area contributed by atoms with Crippen LogP contribution in [0, 0.1) is 0 Å². The Bertz CT molecular complexity index is 2620. The highest BCUT2D eigenvalue weighted by Gasteiger charge is 2.24. The summed E-state index contributed by atoms with van der Waals surface area (Å²) in [6, 6.07) is 27.0. The SMILES string of the molecule is [B]c1c([B])c(-c2ccc(-c3nc(-c4ccccc4)nc(-c4ccccc4)n3)cc2)c2c(oc3c([B])c4c([B])c([B])c([B])c([B])c4c([B])c32)c1[B]. The van der Waals surface area contributed by atoms with Gasteiger partial charge in [-0.05, 0) is 27.4 Å². The van der Waals surface area contributed by atoms with Crippen LogP contribution in [0.15, 0.2) is 89.3 Å². The molecular formula is C37H14B9N3O. The zero-order valence-electron chi connectivity index (χ0n) is 26.5. The first-order chi connectivity index (χ1) is 24.1. The first-order valence-electron chi connectivity index (χ1n) is 15.5. The van der Waals surface area contributed by atoms with E-state index in [-0.39, 0.29) is 60.3 Å². The molecule has 18 radical (unpaired) electrons. The second-order valence-corrected chi connectivity index (χ2v) is 12.0. The third-order valence-corrected chi connectivity index (χ3v) is 9.10. The molecule has 8 aromatic rings. The monoisotopic (exact) mass is 615 g/mol. The minimum absolute atomic E-state index is 0.0929. The van der Waals surface area contributed by atoms with Crippen molar-refractivity contribution in [1.82, 2.24) is 15.0 Å². The van der Waals surface area contributed by atoms with Crippen molar-refractivity contribution in [1.29, 1.82) is 0 Å². The third kappa shape index (κ3) is 4.85. The molecule has 0 fully saturated rings. The smallest absolute Gasteiger partial charge is 0.164 e. The topological polar surface area (TPSA) is 51.8 Å². The standard InChI is InChI=1S/C37H14B9N3O/c38-24-21-22(27(41)30(44)29(43)26(21)40)28(42)34-23(24)20-19(25(39)31(45)32(46)33(20)50-34)15-11-13-18(14-12-15)37-48-35(16-7-3-1-4-8-16)47-36(49-37)17-9-5-2-6-10-17/h1-14H. The maximum absolute atomic E-state index is 6.85. The fourth-order valence-electron chi connectivity index (χ4n) is 6.49. The van der Waals surface area contributed by atoms with Crippen LogP contribution in [-0.4, -0.2) is 85.6 Å². The van der Waals surface area contributed by atoms with Gasteiger partial charge >= 0.3 is 0 Å². The van der Waals surface area contributed by atoms with E-state index in [0.717, 1.165) is 16.7 Å². The molecule has 50 heavy (non-hydrogen) atoms. The van der Waals surface area contributed by atoms with E-state index < -0.39 is 0 Å². The summed E-state index contributed by atoms with van der Waals surface area (Å²) in [6.45, 7) is 0. The third-order valence-electron chi connectivity index (χ3n) is 9.10. The van der Waals surface area contributed by atoms with Gasteiger partial charge in [0.05, 0.1) is 0 Å². The summed E-state index contributed by atoms with van der Waals surface area (Å²) in [5.41, 5.74) is 5.48. The van der Waals surface area contributed by atoms with Crippen LogP contribution in [0.5, 0.6) is 0 Å². The van der Waals surface area contributed by atoms with Crippen molar-refractivity contribution >= 4 is 152 Å². The minimum Gasteiger partial charge on any atom is -0.457 e. The van der Waals surface area contributed by atoms with Gasteiger partial charge in [-0.2, -0.15) is 0 Å². The molecule has 13 heteroatoms. The molecule has 2 heterocycles. The van der Waals surface area contributed by atoms with E-state index in [9.17, 15) is 0 Å². The molecule has 0 spiro atoms. The maximum Gasteiger partial charge on any atom is 0.164 e. The van der Waals surface area contributed by atoms with Gasteiger partial charge in [-0.15, -0.1) is 16.4 Å². The van der Waals surface area contributed by atoms with Crippen LogP contribution in [0.3, 0.4) is 0 Å². The summed E-state index contributed by atoms with van der Waals surface area (Å²) in [4.78, 5) is 14.5. The lowest BCUT2D eigenvalue weighted by atomic mass is 9.61. The molecule has 0 aliphatic heterocycles. The first-order valence-corrected chi connectivity index (χ1v) is 15.5. The van der Waals surface area contributed by atoms with Gasteiger partial charge in [0.2, 0.25) is 0 Å². The van der Waals surface area contributed by atoms with E-state index in [4.69, 9.17) is 90.0 Å². The normalized spacial score (nSPS) is 11.5. The van der Waals surface area contributed by atoms with Crippen molar-refractivity contribution in [2.24, 2.45) is 0 Å². The lowest BCUT2D eigenvalue weighted by Crippen LogP contribution is -2.50. The van der Waals surface area contributed by atoms with E-state index in [2.05, 4.69) is 0 Å². The van der Waals surface area contributed by atoms with E-state index in [1.54, 1.807) is 0 Å². The van der Waals surface area contributed by atoms with Gasteiger partial charge in [-0.1, -0.05) is 112 Å². The molecule has 0 aliphatic rings. The minimum atomic E-state index is 0.0929. The average Bonchev–Trinajstić information content (AvgIpc) is 3.55. The number of fused-ring (bicyclic) bond motifs is 4. The van der Waals surface area contributed by atoms with Crippen LogP contribution in [0.2, 0.25) is 0 Å². The summed E-state index contributed by atoms with van der Waals surface area (Å²) in [5.74, 6) is 1.58. The van der Waals surface area contributed by atoms with Gasteiger partial charge in [-0.25, -0.2) is 15.0 Å². The van der Waals surface area contributed by atoms with Crippen LogP contribution < -0.4 is 49.2 Å². The first kappa shape index (κ1) is 32.2. The van der Waals surface area contributed by atoms with E-state index in [1.807, 2.05) is 84.9 Å². The summed E-state index contributed by atoms with van der Waals surface area (Å²) in [5, 5.41) is 1.59. The van der Waals surface area contributed by atoms with Gasteiger partial charge in [0.25, 0.3) is 0 Å². The number of nitrogens with zero attached hydrogens (tertiary/aromatic N) is 3. The maximum atomic E-state index is 6.85. The molecular weight excluding hydrogens is 600 g/mol. The number of furan rings is 1. The Morgan fingerprint density at radius 2 is 0.720 bits per heavy atom. The van der Waals surface area contributed by atoms with Crippen LogP contribution in [-0.2, 0) is 0 Å². The Kier molecular flexibility index (Phi) is 7.78. The Balaban J connectivity index is 1.36. The number of aromatic nitrogens is 3. The molecule has 0 atom stereocenters. The predicted octanol–water partition coefficient (Wildman–Crippen LogP) is -1.26. The van der Waals surface area contributed by atoms with Crippen LogP contribution in [0.4, 0.5) is 0 Å². The van der Waals surface area contributed by atoms with E-state index in [1.165, 1.54) is 0 Å². The average molecular weight is 614 g/mol. The Hall–Kier alpha value is -5.03. The molecule has 210 valence electrons. The largest absolute Gasteiger partial charge is 0.457 e. The number of rotatable bonds is 4. The van der Waals surface area contributed by atoms with Gasteiger partial charge in [0, 0.05) is 27.5 Å². The van der Waals surface area contributed by atoms with Crippen molar-refractivity contribution in [2.45, 2.75) is 0 Å². The van der Waals surface area contributed by atoms with Crippen LogP contribution >= 0.6 is 0 Å². The molecule has 0 bridgehead atoms. The molecule has 0 saturated carbocycles. The summed E-state index contributed by atoms with van der Waals surface area (Å²) in [6.07, 6.45) is 0. The van der Waals surface area contributed by atoms with Crippen molar-refractivity contribution in [3.8, 4) is 45.3 Å². The number of benzene rings is 6. The highest BCUT2D eigenvalue weighted by molar-refractivity contribution is 6.72. The molecule has 4 nitrogen and oxygen atoms in total. The highest BCUT2D eigenvalue weighted by Crippen LogP contribution is 2.35. The van der Waals surface area contributed by atoms with Crippen LogP contribution in [0.25, 0.3) is 78.0 Å². The fourth-order valence-corrected chi connectivity index (χ4v) is 6.49. The highest BCUT2D eigenvalue weighted by atomic mass is 16.3. The number of hydrogen-bond donors (Lipinski definition) is 0. The summed E-state index contributed by atoms with van der Waals surface area (Å²) >= 11 is 0. The quantitative estimate of drug-likeness (QED) is 0.233. The lowest BCUT2D eigenvalue weighted by molar-refractivity contribution is 0.675. The second kappa shape index (κ2) is 12.1. The van der Waals surface area contributed by atoms with Crippen molar-refractivity contribution in [3.63, 3.8) is 0 Å². The van der Waals surface area contributed by atoms with Gasteiger partial charge in [0.15, 0.2) is 17.5 Å². The predicted molar refractivity (Wildman–Crippen MR) is 215 cm³/mol. The lowest BCUT2D eigenvalue weighted by Gasteiger charge is -2.21. The van der Waals surface area contributed by atoms with E-state index in [0.29, 0.717) is 50.1 Å². The van der Waals surface area contributed by atoms with Crippen molar-refractivity contribution in [3.05, 3.63) is 84.9 Å². The summed E-state index contributed by atoms with van der Waals surface area (Å²) < 4.78 is 6.31. The fraction of sp³-hybridized carbons (Fsp3) is 0. The molecule has 0 unspecified atom stereocenters. The molecule has 2 aromatic heterocycles. The number of hydrogen-bond acceptors (Lipinski definition) is 4. The molecule has 0 amide bonds. The second-order valence-electron chi connectivity index (χ2n) is 12.0.